The van der Waals surface area contributed by atoms with Crippen molar-refractivity contribution < 1.29 is 14.3 Å². The van der Waals surface area contributed by atoms with Crippen LogP contribution in [-0.2, 0) is 4.74 Å². The first kappa shape index (κ1) is 13.4. The number of carbonyl (C=O) groups excluding carboxylic acids is 2. The fourth-order valence-corrected chi connectivity index (χ4v) is 2.30. The average Bonchev–Trinajstić information content (AvgIpc) is 3.11. The van der Waals surface area contributed by atoms with Crippen molar-refractivity contribution in [2.75, 3.05) is 13.2 Å². The van der Waals surface area contributed by atoms with E-state index in [1.54, 1.807) is 36.7 Å². The number of aromatic nitrogens is 2. The minimum absolute atomic E-state index is 0.141. The Balaban J connectivity index is 1.61. The zero-order valence-electron chi connectivity index (χ0n) is 10.9. The van der Waals surface area contributed by atoms with Crippen molar-refractivity contribution in [1.29, 1.82) is 0 Å². The van der Waals surface area contributed by atoms with Crippen LogP contribution in [0.3, 0.4) is 0 Å². The van der Waals surface area contributed by atoms with Crippen molar-refractivity contribution in [3.8, 4) is 0 Å². The summed E-state index contributed by atoms with van der Waals surface area (Å²) in [6.07, 6.45) is 4.76. The van der Waals surface area contributed by atoms with Crippen molar-refractivity contribution >= 4 is 29.2 Å². The van der Waals surface area contributed by atoms with Crippen molar-refractivity contribution in [1.82, 2.24) is 14.5 Å². The van der Waals surface area contributed by atoms with Crippen LogP contribution < -0.4 is 0 Å². The number of hydrogen-bond acceptors (Lipinski definition) is 5. The average molecular weight is 301 g/mol. The Labute approximate surface area is 126 Å². The summed E-state index contributed by atoms with van der Waals surface area (Å²) >= 11 is 5.05. The Morgan fingerprint density at radius 3 is 2.43 bits per heavy atom. The summed E-state index contributed by atoms with van der Waals surface area (Å²) in [6.45, 7) is 0.295. The highest BCUT2D eigenvalue weighted by atomic mass is 32.1. The molecule has 106 valence electrons. The van der Waals surface area contributed by atoms with E-state index in [0.717, 1.165) is 0 Å². The molecule has 0 bridgehead atoms. The summed E-state index contributed by atoms with van der Waals surface area (Å²) in [5, 5.41) is 0.226. The van der Waals surface area contributed by atoms with E-state index in [2.05, 4.69) is 4.98 Å². The summed E-state index contributed by atoms with van der Waals surface area (Å²) in [4.78, 5) is 29.3. The maximum Gasteiger partial charge on any atom is 0.268 e. The van der Waals surface area contributed by atoms with E-state index in [4.69, 9.17) is 17.0 Å². The molecule has 0 spiro atoms. The Kier molecular flexibility index (Phi) is 3.49. The van der Waals surface area contributed by atoms with Crippen LogP contribution in [0.15, 0.2) is 43.0 Å². The summed E-state index contributed by atoms with van der Waals surface area (Å²) < 4.78 is 6.89. The van der Waals surface area contributed by atoms with Crippen LogP contribution in [0.1, 0.15) is 20.7 Å². The molecular formula is C14H11N3O3S. The minimum atomic E-state index is -0.298. The number of nitrogens with zero attached hydrogens (tertiary/aromatic N) is 3. The van der Waals surface area contributed by atoms with E-state index in [1.807, 2.05) is 0 Å². The predicted octanol–water partition coefficient (Wildman–Crippen LogP) is 1.33. The summed E-state index contributed by atoms with van der Waals surface area (Å²) in [5.41, 5.74) is 0.861. The summed E-state index contributed by atoms with van der Waals surface area (Å²) in [6, 6.07) is 6.76. The van der Waals surface area contributed by atoms with Gasteiger partial charge in [-0.3, -0.25) is 19.1 Å². The lowest BCUT2D eigenvalue weighted by Crippen LogP contribution is -2.33. The Bertz CT molecular complexity index is 677. The maximum atomic E-state index is 12.1. The molecule has 3 rings (SSSR count). The normalized spacial score (nSPS) is 13.4. The van der Waals surface area contributed by atoms with Gasteiger partial charge >= 0.3 is 0 Å². The number of imidazole rings is 1. The first-order valence-corrected chi connectivity index (χ1v) is 6.69. The van der Waals surface area contributed by atoms with Crippen LogP contribution in [0.2, 0.25) is 0 Å². The van der Waals surface area contributed by atoms with Crippen LogP contribution in [0, 0.1) is 0 Å². The van der Waals surface area contributed by atoms with Gasteiger partial charge in [-0.25, -0.2) is 4.98 Å². The lowest BCUT2D eigenvalue weighted by atomic mass is 10.1. The van der Waals surface area contributed by atoms with Gasteiger partial charge in [0.1, 0.15) is 12.9 Å². The van der Waals surface area contributed by atoms with Gasteiger partial charge in [0.05, 0.1) is 17.7 Å². The molecule has 0 unspecified atom stereocenters. The molecule has 0 atom stereocenters. The second-order valence-electron chi connectivity index (χ2n) is 4.39. The Hall–Kier alpha value is -2.54. The number of benzene rings is 1. The number of fused-ring (bicyclic) bond motifs is 1. The molecule has 2 aromatic rings. The number of thiocarbonyl (C=S) groups is 1. The molecule has 2 heterocycles. The molecule has 21 heavy (non-hydrogen) atoms. The molecule has 1 aliphatic heterocycles. The van der Waals surface area contributed by atoms with Crippen LogP contribution in [0.4, 0.5) is 0 Å². The maximum absolute atomic E-state index is 12.1. The van der Waals surface area contributed by atoms with Crippen LogP contribution in [-0.4, -0.2) is 44.6 Å². The molecule has 0 fully saturated rings. The standard InChI is InChI=1S/C14H11N3O3S/c18-12-10-3-1-2-4-11(10)13(19)17(12)7-8-20-14(21)16-6-5-15-9-16/h1-6,9H,7-8H2. The Morgan fingerprint density at radius 2 is 1.86 bits per heavy atom. The smallest absolute Gasteiger partial charge is 0.268 e. The third kappa shape index (κ3) is 2.43. The molecule has 0 saturated heterocycles. The fraction of sp³-hybridized carbons (Fsp3) is 0.143. The van der Waals surface area contributed by atoms with Crippen LogP contribution in [0.25, 0.3) is 0 Å². The second kappa shape index (κ2) is 5.45. The van der Waals surface area contributed by atoms with Gasteiger partial charge in [-0.1, -0.05) is 12.1 Å². The zero-order chi connectivity index (χ0) is 14.8. The van der Waals surface area contributed by atoms with E-state index >= 15 is 0 Å². The van der Waals surface area contributed by atoms with Gasteiger partial charge in [0, 0.05) is 12.4 Å². The topological polar surface area (TPSA) is 64.4 Å². The van der Waals surface area contributed by atoms with Crippen molar-refractivity contribution in [3.63, 3.8) is 0 Å². The molecule has 1 aromatic heterocycles. The van der Waals surface area contributed by atoms with Crippen LogP contribution >= 0.6 is 12.2 Å². The van der Waals surface area contributed by atoms with E-state index < -0.39 is 0 Å². The fourth-order valence-electron chi connectivity index (χ4n) is 2.11. The summed E-state index contributed by atoms with van der Waals surface area (Å²) in [7, 11) is 0. The van der Waals surface area contributed by atoms with Crippen molar-refractivity contribution in [2.45, 2.75) is 0 Å². The number of hydrogen-bond donors (Lipinski definition) is 0. The molecule has 1 aromatic carbocycles. The van der Waals surface area contributed by atoms with Gasteiger partial charge in [-0.05, 0) is 24.4 Å². The molecule has 2 amide bonds. The first-order chi connectivity index (χ1) is 10.2. The molecule has 7 heteroatoms. The van der Waals surface area contributed by atoms with Gasteiger partial charge < -0.3 is 4.74 Å². The van der Waals surface area contributed by atoms with Gasteiger partial charge in [0.2, 0.25) is 0 Å². The molecular weight excluding hydrogens is 290 g/mol. The number of imide groups is 1. The third-order valence-electron chi connectivity index (χ3n) is 3.13. The second-order valence-corrected chi connectivity index (χ2v) is 4.74. The predicted molar refractivity (Wildman–Crippen MR) is 78.0 cm³/mol. The quantitative estimate of drug-likeness (QED) is 0.632. The number of ether oxygens (including phenoxy) is 1. The highest BCUT2D eigenvalue weighted by Crippen LogP contribution is 2.21. The van der Waals surface area contributed by atoms with Crippen molar-refractivity contribution in [2.24, 2.45) is 0 Å². The van der Waals surface area contributed by atoms with Crippen LogP contribution in [0.5, 0.6) is 0 Å². The van der Waals surface area contributed by atoms with Gasteiger partial charge in [-0.2, -0.15) is 0 Å². The SMILES string of the molecule is O=C1c2ccccc2C(=O)N1CCOC(=S)n1ccnc1. The van der Waals surface area contributed by atoms with E-state index in [-0.39, 0.29) is 30.1 Å². The van der Waals surface area contributed by atoms with Gasteiger partial charge in [0.15, 0.2) is 0 Å². The number of amides is 2. The number of carbonyl (C=O) groups is 2. The molecule has 1 aliphatic rings. The molecule has 0 N–H and O–H groups in total. The molecule has 0 aliphatic carbocycles. The largest absolute Gasteiger partial charge is 0.469 e. The lowest BCUT2D eigenvalue weighted by molar-refractivity contribution is 0.0628. The van der Waals surface area contributed by atoms with E-state index in [9.17, 15) is 9.59 Å². The summed E-state index contributed by atoms with van der Waals surface area (Å²) in [5.74, 6) is -0.597. The Morgan fingerprint density at radius 1 is 1.19 bits per heavy atom. The highest BCUT2D eigenvalue weighted by Gasteiger charge is 2.34. The minimum Gasteiger partial charge on any atom is -0.469 e. The monoisotopic (exact) mass is 301 g/mol. The van der Waals surface area contributed by atoms with E-state index in [0.29, 0.717) is 11.1 Å². The van der Waals surface area contributed by atoms with Crippen molar-refractivity contribution in [3.05, 3.63) is 54.1 Å². The van der Waals surface area contributed by atoms with E-state index in [1.165, 1.54) is 15.8 Å². The first-order valence-electron chi connectivity index (χ1n) is 6.29. The highest BCUT2D eigenvalue weighted by molar-refractivity contribution is 7.80. The zero-order valence-corrected chi connectivity index (χ0v) is 11.7. The molecule has 0 saturated carbocycles. The molecule has 0 radical (unpaired) electrons. The van der Waals surface area contributed by atoms with Gasteiger partial charge in [-0.15, -0.1) is 0 Å². The molecule has 6 nitrogen and oxygen atoms in total. The third-order valence-corrected chi connectivity index (χ3v) is 3.46. The number of rotatable bonds is 3. The lowest BCUT2D eigenvalue weighted by Gasteiger charge is -2.14. The van der Waals surface area contributed by atoms with Gasteiger partial charge in [0.25, 0.3) is 17.0 Å².